The molecule has 0 aliphatic rings. The molecule has 0 amide bonds. The lowest BCUT2D eigenvalue weighted by atomic mass is 10.1. The maximum atomic E-state index is 11.5. The van der Waals surface area contributed by atoms with Gasteiger partial charge in [0.2, 0.25) is 0 Å². The lowest BCUT2D eigenvalue weighted by molar-refractivity contribution is -0.162. The van der Waals surface area contributed by atoms with Crippen LogP contribution in [-0.4, -0.2) is 47.4 Å². The Balaban J connectivity index is 3.56. The van der Waals surface area contributed by atoms with E-state index in [9.17, 15) is 14.4 Å². The zero-order valence-electron chi connectivity index (χ0n) is 15.9. The number of hydrogen-bond acceptors (Lipinski definition) is 7. The molecule has 0 aliphatic carbocycles. The Bertz CT molecular complexity index is 395. The van der Waals surface area contributed by atoms with Crippen LogP contribution in [0.15, 0.2) is 0 Å². The van der Waals surface area contributed by atoms with Gasteiger partial charge in [0.05, 0.1) is 19.4 Å². The van der Waals surface area contributed by atoms with E-state index in [0.29, 0.717) is 6.42 Å². The van der Waals surface area contributed by atoms with Crippen LogP contribution in [0, 0.1) is 0 Å². The van der Waals surface area contributed by atoms with Crippen molar-refractivity contribution in [1.29, 1.82) is 0 Å². The van der Waals surface area contributed by atoms with Crippen molar-refractivity contribution in [2.75, 3.05) is 13.2 Å². The summed E-state index contributed by atoms with van der Waals surface area (Å²) in [6.07, 6.45) is 8.80. The minimum absolute atomic E-state index is 0.203. The van der Waals surface area contributed by atoms with Crippen molar-refractivity contribution >= 4 is 17.9 Å². The van der Waals surface area contributed by atoms with Gasteiger partial charge >= 0.3 is 17.9 Å². The molecule has 0 aromatic heterocycles. The summed E-state index contributed by atoms with van der Waals surface area (Å²) < 4.78 is 9.29. The van der Waals surface area contributed by atoms with E-state index in [1.165, 1.54) is 38.5 Å². The van der Waals surface area contributed by atoms with E-state index in [4.69, 9.17) is 10.2 Å². The molecule has 1 atom stereocenters. The second-order valence-electron chi connectivity index (χ2n) is 6.44. The Kier molecular flexibility index (Phi) is 16.0. The molecule has 0 aliphatic heterocycles. The maximum absolute atomic E-state index is 11.5. The number of aliphatic hydroxyl groups excluding tert-OH is 2. The molecule has 2 N–H and O–H groups in total. The predicted molar refractivity (Wildman–Crippen MR) is 96.2 cm³/mol. The minimum Gasteiger partial charge on any atom is -0.463 e. The number of carbonyl (C=O) groups excluding carboxylic acids is 3. The molecule has 7 nitrogen and oxygen atoms in total. The predicted octanol–water partition coefficient (Wildman–Crippen LogP) is 2.65. The number of hydrogen-bond donors (Lipinski definition) is 2. The summed E-state index contributed by atoms with van der Waals surface area (Å²) >= 11 is 0. The van der Waals surface area contributed by atoms with Crippen molar-refractivity contribution in [2.45, 2.75) is 90.1 Å². The lowest BCUT2D eigenvalue weighted by Crippen LogP contribution is -2.22. The van der Waals surface area contributed by atoms with Gasteiger partial charge in [-0.3, -0.25) is 14.4 Å². The van der Waals surface area contributed by atoms with Gasteiger partial charge in [-0.15, -0.1) is 0 Å². The number of ether oxygens (including phenoxy) is 2. The zero-order valence-corrected chi connectivity index (χ0v) is 15.9. The average molecular weight is 374 g/mol. The minimum atomic E-state index is -1.14. The van der Waals surface area contributed by atoms with Crippen LogP contribution >= 0.6 is 0 Å². The fraction of sp³-hybridized carbons (Fsp3) is 0.842. The van der Waals surface area contributed by atoms with Crippen LogP contribution in [0.4, 0.5) is 0 Å². The monoisotopic (exact) mass is 374 g/mol. The van der Waals surface area contributed by atoms with E-state index < -0.39 is 30.6 Å². The molecule has 0 radical (unpaired) electrons. The highest BCUT2D eigenvalue weighted by Crippen LogP contribution is 2.11. The van der Waals surface area contributed by atoms with Gasteiger partial charge in [0, 0.05) is 6.42 Å². The van der Waals surface area contributed by atoms with Gasteiger partial charge in [0.1, 0.15) is 12.7 Å². The summed E-state index contributed by atoms with van der Waals surface area (Å²) in [7, 11) is 0. The second-order valence-corrected chi connectivity index (χ2v) is 6.44. The van der Waals surface area contributed by atoms with Crippen molar-refractivity contribution < 1.29 is 34.1 Å². The van der Waals surface area contributed by atoms with Gasteiger partial charge in [-0.1, -0.05) is 58.3 Å². The molecule has 152 valence electrons. The summed E-state index contributed by atoms with van der Waals surface area (Å²) in [6.45, 7) is 1.35. The number of rotatable bonds is 16. The fourth-order valence-corrected chi connectivity index (χ4v) is 2.33. The molecule has 0 spiro atoms. The molecule has 7 heteroatoms. The van der Waals surface area contributed by atoms with Crippen LogP contribution in [0.5, 0.6) is 0 Å². The van der Waals surface area contributed by atoms with Crippen molar-refractivity contribution in [2.24, 2.45) is 0 Å². The van der Waals surface area contributed by atoms with Crippen LogP contribution < -0.4 is 0 Å². The molecule has 0 bridgehead atoms. The highest BCUT2D eigenvalue weighted by molar-refractivity contribution is 5.87. The van der Waals surface area contributed by atoms with E-state index in [0.717, 1.165) is 12.8 Å². The fourth-order valence-electron chi connectivity index (χ4n) is 2.33. The van der Waals surface area contributed by atoms with E-state index in [-0.39, 0.29) is 25.9 Å². The Morgan fingerprint density at radius 2 is 1.27 bits per heavy atom. The summed E-state index contributed by atoms with van der Waals surface area (Å²) in [5, 5.41) is 17.6. The smallest absolute Gasteiger partial charge is 0.314 e. The maximum Gasteiger partial charge on any atom is 0.314 e. The number of esters is 3. The molecule has 0 saturated heterocycles. The molecular weight excluding hydrogens is 340 g/mol. The van der Waals surface area contributed by atoms with Gasteiger partial charge in [-0.2, -0.15) is 0 Å². The van der Waals surface area contributed by atoms with E-state index in [1.807, 2.05) is 0 Å². The van der Waals surface area contributed by atoms with Crippen molar-refractivity contribution in [3.63, 3.8) is 0 Å². The lowest BCUT2D eigenvalue weighted by Gasteiger charge is -2.08. The average Bonchev–Trinajstić information content (AvgIpc) is 2.62. The summed E-state index contributed by atoms with van der Waals surface area (Å²) in [4.78, 5) is 34.3. The molecule has 0 aromatic carbocycles. The number of unbranched alkanes of at least 4 members (excludes halogenated alkanes) is 8. The SMILES string of the molecule is CCCCCCCCCCCC(=O)OC(=O)CCC(=O)OCC(O)CO. The summed E-state index contributed by atoms with van der Waals surface area (Å²) in [6, 6.07) is 0. The largest absolute Gasteiger partial charge is 0.463 e. The third-order valence-corrected chi connectivity index (χ3v) is 3.89. The number of carbonyl (C=O) groups is 3. The van der Waals surface area contributed by atoms with Gasteiger partial charge in [-0.05, 0) is 6.42 Å². The topological polar surface area (TPSA) is 110 Å². The van der Waals surface area contributed by atoms with Crippen LogP contribution in [-0.2, 0) is 23.9 Å². The normalized spacial score (nSPS) is 11.8. The molecular formula is C19H34O7. The highest BCUT2D eigenvalue weighted by Gasteiger charge is 2.14. The Hall–Kier alpha value is -1.47. The molecule has 0 saturated carbocycles. The molecule has 0 rings (SSSR count). The Morgan fingerprint density at radius 3 is 1.85 bits per heavy atom. The van der Waals surface area contributed by atoms with E-state index in [1.54, 1.807) is 0 Å². The summed E-state index contributed by atoms with van der Waals surface area (Å²) in [5.41, 5.74) is 0. The van der Waals surface area contributed by atoms with Crippen molar-refractivity contribution in [1.82, 2.24) is 0 Å². The van der Waals surface area contributed by atoms with Gasteiger partial charge < -0.3 is 19.7 Å². The van der Waals surface area contributed by atoms with Gasteiger partial charge in [0.15, 0.2) is 0 Å². The second kappa shape index (κ2) is 17.0. The third-order valence-electron chi connectivity index (χ3n) is 3.89. The Morgan fingerprint density at radius 1 is 0.769 bits per heavy atom. The first-order valence-corrected chi connectivity index (χ1v) is 9.67. The molecule has 0 fully saturated rings. The van der Waals surface area contributed by atoms with Crippen molar-refractivity contribution in [3.05, 3.63) is 0 Å². The zero-order chi connectivity index (χ0) is 19.6. The molecule has 0 aromatic rings. The standard InChI is InChI=1S/C19H34O7/c1-2-3-4-5-6-7-8-9-10-11-18(23)26-19(24)13-12-17(22)25-15-16(21)14-20/h16,20-21H,2-15H2,1H3. The van der Waals surface area contributed by atoms with Crippen LogP contribution in [0.2, 0.25) is 0 Å². The van der Waals surface area contributed by atoms with Crippen LogP contribution in [0.1, 0.15) is 84.0 Å². The molecule has 0 heterocycles. The number of aliphatic hydroxyl groups is 2. The summed E-state index contributed by atoms with van der Waals surface area (Å²) in [5.74, 6) is -2.02. The quantitative estimate of drug-likeness (QED) is 0.243. The van der Waals surface area contributed by atoms with Gasteiger partial charge in [-0.25, -0.2) is 0 Å². The van der Waals surface area contributed by atoms with E-state index >= 15 is 0 Å². The molecule has 26 heavy (non-hydrogen) atoms. The van der Waals surface area contributed by atoms with Crippen LogP contribution in [0.25, 0.3) is 0 Å². The first-order chi connectivity index (χ1) is 12.5. The van der Waals surface area contributed by atoms with Crippen LogP contribution in [0.3, 0.4) is 0 Å². The highest BCUT2D eigenvalue weighted by atomic mass is 16.6. The van der Waals surface area contributed by atoms with Crippen molar-refractivity contribution in [3.8, 4) is 0 Å². The first kappa shape index (κ1) is 24.5. The van der Waals surface area contributed by atoms with Gasteiger partial charge in [0.25, 0.3) is 0 Å². The Labute approximate surface area is 156 Å². The first-order valence-electron chi connectivity index (χ1n) is 9.67. The van der Waals surface area contributed by atoms with E-state index in [2.05, 4.69) is 16.4 Å². The third kappa shape index (κ3) is 16.0. The molecule has 1 unspecified atom stereocenters.